The molecular weight excluding hydrogens is 356 g/mol. The number of esters is 1. The highest BCUT2D eigenvalue weighted by Crippen LogP contribution is 2.20. The Balaban J connectivity index is 1.71. The van der Waals surface area contributed by atoms with Crippen molar-refractivity contribution in [3.05, 3.63) is 59.1 Å². The lowest BCUT2D eigenvalue weighted by molar-refractivity contribution is 0.0378. The molecule has 0 atom stereocenters. The van der Waals surface area contributed by atoms with Crippen LogP contribution in [0.4, 0.5) is 5.82 Å². The van der Waals surface area contributed by atoms with Gasteiger partial charge in [-0.25, -0.2) is 9.78 Å². The maximum Gasteiger partial charge on any atom is 0.342 e. The number of hydrogen-bond donors (Lipinski definition) is 1. The summed E-state index contributed by atoms with van der Waals surface area (Å²) in [5, 5.41) is 7.56. The molecule has 0 fully saturated rings. The third kappa shape index (κ3) is 4.37. The summed E-state index contributed by atoms with van der Waals surface area (Å²) < 4.78 is 10.5. The van der Waals surface area contributed by atoms with E-state index >= 15 is 0 Å². The summed E-state index contributed by atoms with van der Waals surface area (Å²) in [6.45, 7) is 3.79. The fraction of sp³-hybridized carbons (Fsp3) is 0.222. The summed E-state index contributed by atoms with van der Waals surface area (Å²) in [6.07, 6.45) is 1.37. The average molecular weight is 373 g/mol. The van der Waals surface area contributed by atoms with Crippen LogP contribution in [-0.4, -0.2) is 27.2 Å². The Kier molecular flexibility index (Phi) is 5.48. The minimum absolute atomic E-state index is 0.215. The molecule has 0 spiro atoms. The van der Waals surface area contributed by atoms with Crippen LogP contribution in [0.3, 0.4) is 0 Å². The van der Waals surface area contributed by atoms with Crippen LogP contribution in [0, 0.1) is 0 Å². The summed E-state index contributed by atoms with van der Waals surface area (Å²) in [4.78, 5) is 20.6. The Bertz CT molecular complexity index is 911. The number of anilines is 1. The fourth-order valence-corrected chi connectivity index (χ4v) is 2.41. The van der Waals surface area contributed by atoms with Crippen molar-refractivity contribution >= 4 is 23.4 Å². The number of nitrogens with zero attached hydrogens (tertiary/aromatic N) is 3. The Hall–Kier alpha value is -2.93. The molecule has 0 aliphatic carbocycles. The van der Waals surface area contributed by atoms with Gasteiger partial charge in [-0.3, -0.25) is 0 Å². The number of carbonyl (C=O) groups is 1. The van der Waals surface area contributed by atoms with Gasteiger partial charge in [-0.05, 0) is 38.1 Å². The van der Waals surface area contributed by atoms with Gasteiger partial charge in [-0.2, -0.15) is 4.98 Å². The van der Waals surface area contributed by atoms with Crippen molar-refractivity contribution in [1.82, 2.24) is 15.1 Å². The van der Waals surface area contributed by atoms with E-state index in [0.717, 1.165) is 5.56 Å². The van der Waals surface area contributed by atoms with Gasteiger partial charge in [0.05, 0.1) is 12.6 Å². The molecule has 0 amide bonds. The average Bonchev–Trinajstić information content (AvgIpc) is 3.09. The zero-order valence-electron chi connectivity index (χ0n) is 14.3. The first-order valence-electron chi connectivity index (χ1n) is 8.01. The van der Waals surface area contributed by atoms with Crippen LogP contribution in [0.2, 0.25) is 5.02 Å². The van der Waals surface area contributed by atoms with Gasteiger partial charge in [0.1, 0.15) is 11.4 Å². The Labute approximate surface area is 155 Å². The zero-order valence-corrected chi connectivity index (χ0v) is 15.0. The SMILES string of the molecule is CC(C)OC(=O)c1cccnc1NCc1nc(-c2cccc(Cl)c2)no1. The Morgan fingerprint density at radius 1 is 1.31 bits per heavy atom. The van der Waals surface area contributed by atoms with E-state index in [4.69, 9.17) is 20.9 Å². The Morgan fingerprint density at radius 3 is 2.92 bits per heavy atom. The quantitative estimate of drug-likeness (QED) is 0.655. The van der Waals surface area contributed by atoms with Crippen LogP contribution in [0.25, 0.3) is 11.4 Å². The van der Waals surface area contributed by atoms with Crippen molar-refractivity contribution < 1.29 is 14.1 Å². The van der Waals surface area contributed by atoms with Gasteiger partial charge < -0.3 is 14.6 Å². The van der Waals surface area contributed by atoms with Gasteiger partial charge in [0.25, 0.3) is 0 Å². The maximum atomic E-state index is 12.1. The predicted molar refractivity (Wildman–Crippen MR) is 96.9 cm³/mol. The van der Waals surface area contributed by atoms with Crippen LogP contribution in [0.5, 0.6) is 0 Å². The van der Waals surface area contributed by atoms with Crippen molar-refractivity contribution in [1.29, 1.82) is 0 Å². The fourth-order valence-electron chi connectivity index (χ4n) is 2.22. The summed E-state index contributed by atoms with van der Waals surface area (Å²) >= 11 is 5.98. The van der Waals surface area contributed by atoms with Crippen LogP contribution in [-0.2, 0) is 11.3 Å². The molecule has 0 aliphatic heterocycles. The first-order valence-corrected chi connectivity index (χ1v) is 8.39. The van der Waals surface area contributed by atoms with E-state index < -0.39 is 5.97 Å². The standard InChI is InChI=1S/C18H17ClN4O3/c1-11(2)25-18(24)14-7-4-8-20-17(14)21-10-15-22-16(23-26-15)12-5-3-6-13(19)9-12/h3-9,11H,10H2,1-2H3,(H,20,21). The summed E-state index contributed by atoms with van der Waals surface area (Å²) in [5.74, 6) is 0.736. The number of ether oxygens (including phenoxy) is 1. The zero-order chi connectivity index (χ0) is 18.5. The van der Waals surface area contributed by atoms with Crippen LogP contribution in [0.1, 0.15) is 30.1 Å². The smallest absolute Gasteiger partial charge is 0.342 e. The highest BCUT2D eigenvalue weighted by molar-refractivity contribution is 6.30. The van der Waals surface area contributed by atoms with Gasteiger partial charge in [0, 0.05) is 16.8 Å². The predicted octanol–water partition coefficient (Wildman–Crippen LogP) is 3.96. The second kappa shape index (κ2) is 7.97. The van der Waals surface area contributed by atoms with Gasteiger partial charge in [-0.15, -0.1) is 0 Å². The molecule has 0 saturated heterocycles. The summed E-state index contributed by atoms with van der Waals surface area (Å²) in [6, 6.07) is 10.5. The normalized spacial score (nSPS) is 10.8. The van der Waals surface area contributed by atoms with E-state index in [-0.39, 0.29) is 12.6 Å². The monoisotopic (exact) mass is 372 g/mol. The van der Waals surface area contributed by atoms with E-state index in [1.54, 1.807) is 44.3 Å². The topological polar surface area (TPSA) is 90.1 Å². The third-order valence-corrected chi connectivity index (χ3v) is 3.56. The largest absolute Gasteiger partial charge is 0.459 e. The summed E-state index contributed by atoms with van der Waals surface area (Å²) in [7, 11) is 0. The van der Waals surface area contributed by atoms with Crippen molar-refractivity contribution in [3.8, 4) is 11.4 Å². The van der Waals surface area contributed by atoms with Crippen molar-refractivity contribution in [3.63, 3.8) is 0 Å². The number of nitrogens with one attached hydrogen (secondary N) is 1. The Morgan fingerprint density at radius 2 is 2.15 bits per heavy atom. The molecule has 26 heavy (non-hydrogen) atoms. The van der Waals surface area contributed by atoms with E-state index in [0.29, 0.717) is 28.1 Å². The molecule has 0 saturated carbocycles. The first kappa shape index (κ1) is 17.9. The molecule has 8 heteroatoms. The molecule has 134 valence electrons. The third-order valence-electron chi connectivity index (χ3n) is 3.33. The summed E-state index contributed by atoms with van der Waals surface area (Å²) in [5.41, 5.74) is 1.10. The number of pyridine rings is 1. The molecular formula is C18H17ClN4O3. The van der Waals surface area contributed by atoms with Crippen molar-refractivity contribution in [2.45, 2.75) is 26.5 Å². The lowest BCUT2D eigenvalue weighted by atomic mass is 10.2. The van der Waals surface area contributed by atoms with Crippen LogP contribution >= 0.6 is 11.6 Å². The molecule has 3 rings (SSSR count). The number of hydrogen-bond acceptors (Lipinski definition) is 7. The minimum Gasteiger partial charge on any atom is -0.459 e. The van der Waals surface area contributed by atoms with E-state index in [9.17, 15) is 4.79 Å². The van der Waals surface area contributed by atoms with Crippen molar-refractivity contribution in [2.24, 2.45) is 0 Å². The number of benzene rings is 1. The number of rotatable bonds is 6. The second-order valence-electron chi connectivity index (χ2n) is 5.73. The van der Waals surface area contributed by atoms with Crippen molar-refractivity contribution in [2.75, 3.05) is 5.32 Å². The molecule has 0 bridgehead atoms. The first-order chi connectivity index (χ1) is 12.5. The molecule has 0 radical (unpaired) electrons. The molecule has 2 heterocycles. The maximum absolute atomic E-state index is 12.1. The number of carbonyl (C=O) groups excluding carboxylic acids is 1. The van der Waals surface area contributed by atoms with E-state index in [2.05, 4.69) is 20.4 Å². The molecule has 1 N–H and O–H groups in total. The lowest BCUT2D eigenvalue weighted by Gasteiger charge is -2.11. The molecule has 7 nitrogen and oxygen atoms in total. The van der Waals surface area contributed by atoms with Gasteiger partial charge >= 0.3 is 5.97 Å². The molecule has 0 unspecified atom stereocenters. The number of halogens is 1. The van der Waals surface area contributed by atoms with Gasteiger partial charge in [-0.1, -0.05) is 28.9 Å². The molecule has 0 aliphatic rings. The highest BCUT2D eigenvalue weighted by Gasteiger charge is 2.16. The highest BCUT2D eigenvalue weighted by atomic mass is 35.5. The molecule has 1 aromatic carbocycles. The van der Waals surface area contributed by atoms with Gasteiger partial charge in [0.15, 0.2) is 0 Å². The molecule has 3 aromatic rings. The van der Waals surface area contributed by atoms with E-state index in [1.807, 2.05) is 12.1 Å². The lowest BCUT2D eigenvalue weighted by Crippen LogP contribution is -2.15. The molecule has 2 aromatic heterocycles. The second-order valence-corrected chi connectivity index (χ2v) is 6.17. The van der Waals surface area contributed by atoms with Crippen LogP contribution < -0.4 is 5.32 Å². The number of aromatic nitrogens is 3. The van der Waals surface area contributed by atoms with E-state index in [1.165, 1.54) is 0 Å². The minimum atomic E-state index is -0.444. The van der Waals surface area contributed by atoms with Crippen LogP contribution in [0.15, 0.2) is 47.1 Å². The van der Waals surface area contributed by atoms with Gasteiger partial charge in [0.2, 0.25) is 11.7 Å².